The number of hydrogen-bond acceptors (Lipinski definition) is 4. The van der Waals surface area contributed by atoms with E-state index in [1.54, 1.807) is 6.26 Å². The van der Waals surface area contributed by atoms with Crippen LogP contribution >= 0.6 is 0 Å². The maximum atomic E-state index is 5.89. The summed E-state index contributed by atoms with van der Waals surface area (Å²) in [6.07, 6.45) is 2.82. The van der Waals surface area contributed by atoms with Crippen molar-refractivity contribution in [2.75, 3.05) is 13.1 Å². The molecule has 0 aliphatic carbocycles. The van der Waals surface area contributed by atoms with Crippen LogP contribution in [-0.4, -0.2) is 29.0 Å². The van der Waals surface area contributed by atoms with Crippen molar-refractivity contribution in [2.24, 2.45) is 5.73 Å². The third-order valence-electron chi connectivity index (χ3n) is 3.27. The molecule has 94 valence electrons. The van der Waals surface area contributed by atoms with Crippen LogP contribution in [0.5, 0.6) is 0 Å². The lowest BCUT2D eigenvalue weighted by Crippen LogP contribution is -2.26. The van der Waals surface area contributed by atoms with E-state index >= 15 is 0 Å². The van der Waals surface area contributed by atoms with Gasteiger partial charge in [0.25, 0.3) is 0 Å². The van der Waals surface area contributed by atoms with Gasteiger partial charge in [-0.3, -0.25) is 4.90 Å². The molecule has 1 aliphatic heterocycles. The van der Waals surface area contributed by atoms with Gasteiger partial charge in [0, 0.05) is 31.2 Å². The number of rotatable bonds is 3. The minimum Gasteiger partial charge on any atom is -0.444 e. The molecular formula is C14H17N3O. The van der Waals surface area contributed by atoms with Gasteiger partial charge in [-0.25, -0.2) is 4.98 Å². The molecule has 4 heteroatoms. The highest BCUT2D eigenvalue weighted by Gasteiger charge is 2.20. The minimum atomic E-state index is 0.311. The second-order valence-electron chi connectivity index (χ2n) is 4.79. The van der Waals surface area contributed by atoms with E-state index in [0.717, 1.165) is 37.3 Å². The van der Waals surface area contributed by atoms with E-state index in [1.807, 2.05) is 30.3 Å². The Kier molecular flexibility index (Phi) is 3.13. The van der Waals surface area contributed by atoms with E-state index in [2.05, 4.69) is 9.88 Å². The average molecular weight is 243 g/mol. The molecule has 2 N–H and O–H groups in total. The van der Waals surface area contributed by atoms with Crippen molar-refractivity contribution in [3.63, 3.8) is 0 Å². The van der Waals surface area contributed by atoms with Crippen LogP contribution in [0.1, 0.15) is 12.1 Å². The van der Waals surface area contributed by atoms with Gasteiger partial charge in [-0.1, -0.05) is 18.2 Å². The quantitative estimate of drug-likeness (QED) is 0.894. The first-order chi connectivity index (χ1) is 8.81. The zero-order valence-corrected chi connectivity index (χ0v) is 10.2. The van der Waals surface area contributed by atoms with Crippen LogP contribution in [0, 0.1) is 0 Å². The summed E-state index contributed by atoms with van der Waals surface area (Å²) in [5.74, 6) is 0.689. The Morgan fingerprint density at radius 2 is 2.17 bits per heavy atom. The van der Waals surface area contributed by atoms with Gasteiger partial charge in [-0.2, -0.15) is 0 Å². The maximum absolute atomic E-state index is 5.89. The van der Waals surface area contributed by atoms with Crippen LogP contribution in [0.4, 0.5) is 0 Å². The predicted octanol–water partition coefficient (Wildman–Crippen LogP) is 1.87. The van der Waals surface area contributed by atoms with Crippen molar-refractivity contribution in [3.8, 4) is 11.5 Å². The molecule has 0 unspecified atom stereocenters. The molecular weight excluding hydrogens is 226 g/mol. The molecule has 4 nitrogen and oxygen atoms in total. The summed E-state index contributed by atoms with van der Waals surface area (Å²) >= 11 is 0. The summed E-state index contributed by atoms with van der Waals surface area (Å²) in [7, 11) is 0. The van der Waals surface area contributed by atoms with E-state index < -0.39 is 0 Å². The lowest BCUT2D eigenvalue weighted by Gasteiger charge is -2.12. The average Bonchev–Trinajstić information content (AvgIpc) is 3.01. The van der Waals surface area contributed by atoms with Gasteiger partial charge < -0.3 is 10.2 Å². The van der Waals surface area contributed by atoms with E-state index in [-0.39, 0.29) is 0 Å². The fourth-order valence-electron chi connectivity index (χ4n) is 2.33. The zero-order valence-electron chi connectivity index (χ0n) is 10.2. The first kappa shape index (κ1) is 11.4. The summed E-state index contributed by atoms with van der Waals surface area (Å²) in [4.78, 5) is 6.84. The van der Waals surface area contributed by atoms with E-state index in [0.29, 0.717) is 11.9 Å². The van der Waals surface area contributed by atoms with E-state index in [1.165, 1.54) is 0 Å². The first-order valence-corrected chi connectivity index (χ1v) is 6.29. The summed E-state index contributed by atoms with van der Waals surface area (Å²) in [5, 5.41) is 0. The van der Waals surface area contributed by atoms with Crippen molar-refractivity contribution < 1.29 is 4.42 Å². The molecule has 1 aromatic carbocycles. The zero-order chi connectivity index (χ0) is 12.4. The molecule has 1 atom stereocenters. The van der Waals surface area contributed by atoms with Crippen molar-refractivity contribution in [3.05, 3.63) is 42.3 Å². The summed E-state index contributed by atoms with van der Waals surface area (Å²) in [6, 6.07) is 10.3. The monoisotopic (exact) mass is 243 g/mol. The Morgan fingerprint density at radius 3 is 2.89 bits per heavy atom. The SMILES string of the molecule is N[C@@H]1CCN(Cc2coc(-c3ccccc3)n2)C1. The van der Waals surface area contributed by atoms with Crippen LogP contribution in [-0.2, 0) is 6.54 Å². The molecule has 2 heterocycles. The van der Waals surface area contributed by atoms with Crippen LogP contribution in [0.25, 0.3) is 11.5 Å². The molecule has 1 fully saturated rings. The molecule has 1 saturated heterocycles. The topological polar surface area (TPSA) is 55.3 Å². The molecule has 0 amide bonds. The Morgan fingerprint density at radius 1 is 1.33 bits per heavy atom. The molecule has 3 rings (SSSR count). The Balaban J connectivity index is 1.70. The first-order valence-electron chi connectivity index (χ1n) is 6.29. The van der Waals surface area contributed by atoms with Crippen molar-refractivity contribution >= 4 is 0 Å². The van der Waals surface area contributed by atoms with Gasteiger partial charge in [0.1, 0.15) is 6.26 Å². The fourth-order valence-corrected chi connectivity index (χ4v) is 2.33. The molecule has 0 saturated carbocycles. The number of nitrogens with two attached hydrogens (primary N) is 1. The number of nitrogens with zero attached hydrogens (tertiary/aromatic N) is 2. The van der Waals surface area contributed by atoms with Crippen LogP contribution in [0.3, 0.4) is 0 Å². The summed E-state index contributed by atoms with van der Waals surface area (Å²) < 4.78 is 5.52. The number of aromatic nitrogens is 1. The summed E-state index contributed by atoms with van der Waals surface area (Å²) in [6.45, 7) is 2.83. The normalized spacial score (nSPS) is 20.4. The number of benzene rings is 1. The lowest BCUT2D eigenvalue weighted by atomic mass is 10.2. The lowest BCUT2D eigenvalue weighted by molar-refractivity contribution is 0.322. The van der Waals surface area contributed by atoms with Crippen molar-refractivity contribution in [1.82, 2.24) is 9.88 Å². The molecule has 1 aromatic heterocycles. The van der Waals surface area contributed by atoms with Gasteiger partial charge in [-0.15, -0.1) is 0 Å². The summed E-state index contributed by atoms with van der Waals surface area (Å²) in [5.41, 5.74) is 7.88. The second-order valence-corrected chi connectivity index (χ2v) is 4.79. The molecule has 0 spiro atoms. The Bertz CT molecular complexity index is 509. The Labute approximate surface area is 106 Å². The van der Waals surface area contributed by atoms with Gasteiger partial charge in [0.15, 0.2) is 0 Å². The van der Waals surface area contributed by atoms with Crippen molar-refractivity contribution in [1.29, 1.82) is 0 Å². The molecule has 18 heavy (non-hydrogen) atoms. The van der Waals surface area contributed by atoms with Gasteiger partial charge in [-0.05, 0) is 18.6 Å². The smallest absolute Gasteiger partial charge is 0.226 e. The highest BCUT2D eigenvalue weighted by molar-refractivity contribution is 5.52. The van der Waals surface area contributed by atoms with Gasteiger partial charge in [0.05, 0.1) is 5.69 Å². The third kappa shape index (κ3) is 2.44. The fraction of sp³-hybridized carbons (Fsp3) is 0.357. The largest absolute Gasteiger partial charge is 0.444 e. The van der Waals surface area contributed by atoms with Crippen LogP contribution < -0.4 is 5.73 Å². The molecule has 0 bridgehead atoms. The number of oxazole rings is 1. The minimum absolute atomic E-state index is 0.311. The number of likely N-dealkylation sites (tertiary alicyclic amines) is 1. The van der Waals surface area contributed by atoms with E-state index in [4.69, 9.17) is 10.2 Å². The molecule has 0 radical (unpaired) electrons. The molecule has 1 aliphatic rings. The standard InChI is InChI=1S/C14H17N3O/c15-12-6-7-17(8-12)9-13-10-18-14(16-13)11-4-2-1-3-5-11/h1-5,10,12H,6-9,15H2/t12-/m1/s1. The van der Waals surface area contributed by atoms with E-state index in [9.17, 15) is 0 Å². The van der Waals surface area contributed by atoms with Crippen LogP contribution in [0.2, 0.25) is 0 Å². The second kappa shape index (κ2) is 4.92. The molecule has 2 aromatic rings. The van der Waals surface area contributed by atoms with Gasteiger partial charge in [0.2, 0.25) is 5.89 Å². The third-order valence-corrected chi connectivity index (χ3v) is 3.27. The van der Waals surface area contributed by atoms with Crippen molar-refractivity contribution in [2.45, 2.75) is 19.0 Å². The Hall–Kier alpha value is -1.65. The highest BCUT2D eigenvalue weighted by atomic mass is 16.3. The number of hydrogen-bond donors (Lipinski definition) is 1. The maximum Gasteiger partial charge on any atom is 0.226 e. The van der Waals surface area contributed by atoms with Gasteiger partial charge >= 0.3 is 0 Å². The van der Waals surface area contributed by atoms with Crippen LogP contribution in [0.15, 0.2) is 41.0 Å². The highest BCUT2D eigenvalue weighted by Crippen LogP contribution is 2.19. The predicted molar refractivity (Wildman–Crippen MR) is 69.8 cm³/mol.